The highest BCUT2D eigenvalue weighted by molar-refractivity contribution is 5.88. The molecule has 7 heteroatoms. The van der Waals surface area contributed by atoms with Gasteiger partial charge in [0, 0.05) is 25.9 Å². The Morgan fingerprint density at radius 3 is 2.83 bits per heavy atom. The fourth-order valence-corrected chi connectivity index (χ4v) is 1.77. The van der Waals surface area contributed by atoms with Gasteiger partial charge in [-0.15, -0.1) is 0 Å². The Kier molecular flexibility index (Phi) is 3.14. The van der Waals surface area contributed by atoms with Crippen LogP contribution in [0, 0.1) is 16.0 Å². The van der Waals surface area contributed by atoms with Crippen LogP contribution in [0.5, 0.6) is 0 Å². The third-order valence-electron chi connectivity index (χ3n) is 2.88. The van der Waals surface area contributed by atoms with Crippen molar-refractivity contribution >= 4 is 17.5 Å². The summed E-state index contributed by atoms with van der Waals surface area (Å²) in [4.78, 5) is 26.7. The summed E-state index contributed by atoms with van der Waals surface area (Å²) in [6.45, 7) is 0.709. The van der Waals surface area contributed by atoms with Gasteiger partial charge in [0.15, 0.2) is 0 Å². The van der Waals surface area contributed by atoms with E-state index in [4.69, 9.17) is 5.11 Å². The van der Waals surface area contributed by atoms with Gasteiger partial charge in [0.25, 0.3) is 0 Å². The molecule has 0 saturated heterocycles. The summed E-state index contributed by atoms with van der Waals surface area (Å²) in [5.41, 5.74) is -0.441. The van der Waals surface area contributed by atoms with Crippen LogP contribution in [-0.2, 0) is 0 Å². The Morgan fingerprint density at radius 2 is 2.33 bits per heavy atom. The molecule has 96 valence electrons. The van der Waals surface area contributed by atoms with Crippen molar-refractivity contribution in [3.05, 3.63) is 27.9 Å². The van der Waals surface area contributed by atoms with Crippen LogP contribution in [0.3, 0.4) is 0 Å². The van der Waals surface area contributed by atoms with Crippen LogP contribution in [0.4, 0.5) is 11.5 Å². The largest absolute Gasteiger partial charge is 0.478 e. The molecule has 0 bridgehead atoms. The number of hydrogen-bond donors (Lipinski definition) is 1. The summed E-state index contributed by atoms with van der Waals surface area (Å²) in [6, 6.07) is 1.05. The molecule has 1 N–H and O–H groups in total. The van der Waals surface area contributed by atoms with Crippen LogP contribution in [0.2, 0.25) is 0 Å². The molecule has 0 atom stereocenters. The molecular weight excluding hydrogens is 238 g/mol. The fraction of sp³-hybridized carbons (Fsp3) is 0.455. The average Bonchev–Trinajstić information content (AvgIpc) is 3.11. The summed E-state index contributed by atoms with van der Waals surface area (Å²) >= 11 is 0. The molecule has 0 spiro atoms. The van der Waals surface area contributed by atoms with Crippen LogP contribution in [0.15, 0.2) is 12.3 Å². The van der Waals surface area contributed by atoms with Crippen molar-refractivity contribution in [2.75, 3.05) is 18.5 Å². The number of aromatic carboxylic acids is 1. The van der Waals surface area contributed by atoms with Crippen molar-refractivity contribution in [2.45, 2.75) is 12.8 Å². The van der Waals surface area contributed by atoms with Gasteiger partial charge in [0.1, 0.15) is 0 Å². The number of nitrogens with zero attached hydrogens (tertiary/aromatic N) is 3. The summed E-state index contributed by atoms with van der Waals surface area (Å²) in [5, 5.41) is 19.7. The van der Waals surface area contributed by atoms with Crippen molar-refractivity contribution < 1.29 is 14.8 Å². The molecule has 0 aromatic carbocycles. The molecule has 1 heterocycles. The molecule has 1 aromatic rings. The van der Waals surface area contributed by atoms with E-state index in [9.17, 15) is 14.9 Å². The number of rotatable bonds is 5. The van der Waals surface area contributed by atoms with Gasteiger partial charge in [-0.2, -0.15) is 0 Å². The van der Waals surface area contributed by atoms with Gasteiger partial charge in [0.2, 0.25) is 5.82 Å². The number of carboxylic acids is 1. The van der Waals surface area contributed by atoms with Gasteiger partial charge in [-0.25, -0.2) is 9.78 Å². The van der Waals surface area contributed by atoms with E-state index in [2.05, 4.69) is 4.98 Å². The van der Waals surface area contributed by atoms with E-state index in [1.165, 1.54) is 0 Å². The van der Waals surface area contributed by atoms with Crippen molar-refractivity contribution in [3.63, 3.8) is 0 Å². The Hall–Kier alpha value is -2.18. The molecule has 0 amide bonds. The Bertz CT molecular complexity index is 499. The highest BCUT2D eigenvalue weighted by atomic mass is 16.6. The monoisotopic (exact) mass is 251 g/mol. The molecule has 0 unspecified atom stereocenters. The Labute approximate surface area is 103 Å². The van der Waals surface area contributed by atoms with E-state index in [-0.39, 0.29) is 17.1 Å². The van der Waals surface area contributed by atoms with E-state index in [1.54, 1.807) is 11.9 Å². The maximum Gasteiger partial charge on any atom is 0.337 e. The first-order chi connectivity index (χ1) is 8.49. The normalized spacial score (nSPS) is 14.3. The van der Waals surface area contributed by atoms with Gasteiger partial charge < -0.3 is 10.0 Å². The van der Waals surface area contributed by atoms with Crippen LogP contribution < -0.4 is 4.90 Å². The van der Waals surface area contributed by atoms with Gasteiger partial charge in [0.05, 0.1) is 10.5 Å². The molecule has 1 aliphatic carbocycles. The van der Waals surface area contributed by atoms with E-state index in [1.807, 2.05) is 0 Å². The zero-order chi connectivity index (χ0) is 13.3. The first-order valence-electron chi connectivity index (χ1n) is 5.58. The molecule has 7 nitrogen and oxygen atoms in total. The third-order valence-corrected chi connectivity index (χ3v) is 2.88. The fourth-order valence-electron chi connectivity index (χ4n) is 1.77. The number of nitro groups is 1. The molecule has 1 aliphatic rings. The summed E-state index contributed by atoms with van der Waals surface area (Å²) in [5.74, 6) is -0.436. The van der Waals surface area contributed by atoms with E-state index in [0.29, 0.717) is 12.5 Å². The van der Waals surface area contributed by atoms with Crippen molar-refractivity contribution in [3.8, 4) is 0 Å². The quantitative estimate of drug-likeness (QED) is 0.629. The van der Waals surface area contributed by atoms with Crippen molar-refractivity contribution in [2.24, 2.45) is 5.92 Å². The molecule has 0 radical (unpaired) electrons. The van der Waals surface area contributed by atoms with Gasteiger partial charge in [-0.3, -0.25) is 10.1 Å². The molecule has 2 rings (SSSR count). The van der Waals surface area contributed by atoms with Crippen molar-refractivity contribution in [1.29, 1.82) is 0 Å². The molecule has 1 saturated carbocycles. The number of anilines is 1. The SMILES string of the molecule is CN(CC1CC1)c1ncc(C(=O)O)cc1[N+](=O)[O-]. The average molecular weight is 251 g/mol. The third kappa shape index (κ3) is 2.55. The maximum absolute atomic E-state index is 10.9. The second kappa shape index (κ2) is 4.59. The Morgan fingerprint density at radius 1 is 1.67 bits per heavy atom. The van der Waals surface area contributed by atoms with E-state index >= 15 is 0 Å². The van der Waals surface area contributed by atoms with E-state index < -0.39 is 10.9 Å². The number of aromatic nitrogens is 1. The van der Waals surface area contributed by atoms with Crippen LogP contribution >= 0.6 is 0 Å². The van der Waals surface area contributed by atoms with Crippen LogP contribution in [0.25, 0.3) is 0 Å². The van der Waals surface area contributed by atoms with Gasteiger partial charge >= 0.3 is 11.7 Å². The first-order valence-corrected chi connectivity index (χ1v) is 5.58. The number of pyridine rings is 1. The first kappa shape index (κ1) is 12.3. The highest BCUT2D eigenvalue weighted by Crippen LogP contribution is 2.33. The van der Waals surface area contributed by atoms with Gasteiger partial charge in [-0.05, 0) is 18.8 Å². The number of hydrogen-bond acceptors (Lipinski definition) is 5. The predicted octanol–water partition coefficient (Wildman–Crippen LogP) is 1.53. The topological polar surface area (TPSA) is 96.6 Å². The molecule has 1 aromatic heterocycles. The zero-order valence-corrected chi connectivity index (χ0v) is 9.87. The Balaban J connectivity index is 2.32. The smallest absolute Gasteiger partial charge is 0.337 e. The lowest BCUT2D eigenvalue weighted by atomic mass is 10.2. The van der Waals surface area contributed by atoms with Crippen LogP contribution in [-0.4, -0.2) is 34.6 Å². The van der Waals surface area contributed by atoms with Crippen molar-refractivity contribution in [1.82, 2.24) is 4.98 Å². The standard InChI is InChI=1S/C11H13N3O4/c1-13(6-7-2-3-7)10-9(14(17)18)4-8(5-12-10)11(15)16/h4-5,7H,2-3,6H2,1H3,(H,15,16). The minimum atomic E-state index is -1.22. The lowest BCUT2D eigenvalue weighted by Gasteiger charge is -2.17. The number of carboxylic acid groups (broad SMARTS) is 1. The van der Waals surface area contributed by atoms with Crippen LogP contribution in [0.1, 0.15) is 23.2 Å². The summed E-state index contributed by atoms with van der Waals surface area (Å²) in [6.07, 6.45) is 3.41. The zero-order valence-electron chi connectivity index (χ0n) is 9.87. The lowest BCUT2D eigenvalue weighted by molar-refractivity contribution is -0.384. The summed E-state index contributed by atoms with van der Waals surface area (Å²) in [7, 11) is 1.73. The second-order valence-corrected chi connectivity index (χ2v) is 4.45. The molecule has 0 aliphatic heterocycles. The minimum absolute atomic E-state index is 0.176. The molecule has 18 heavy (non-hydrogen) atoms. The maximum atomic E-state index is 10.9. The molecular formula is C11H13N3O4. The predicted molar refractivity (Wildman–Crippen MR) is 63.8 cm³/mol. The van der Waals surface area contributed by atoms with E-state index in [0.717, 1.165) is 25.1 Å². The highest BCUT2D eigenvalue weighted by Gasteiger charge is 2.27. The van der Waals surface area contributed by atoms with Gasteiger partial charge in [-0.1, -0.05) is 0 Å². The summed E-state index contributed by atoms with van der Waals surface area (Å²) < 4.78 is 0. The minimum Gasteiger partial charge on any atom is -0.478 e. The lowest BCUT2D eigenvalue weighted by Crippen LogP contribution is -2.22. The second-order valence-electron chi connectivity index (χ2n) is 4.45. The molecule has 1 fully saturated rings. The number of carbonyl (C=O) groups is 1.